The van der Waals surface area contributed by atoms with E-state index in [1.54, 1.807) is 6.07 Å². The van der Waals surface area contributed by atoms with E-state index in [0.29, 0.717) is 36.5 Å². The van der Waals surface area contributed by atoms with Crippen molar-refractivity contribution >= 4 is 51.6 Å². The second-order valence-electron chi connectivity index (χ2n) is 9.46. The highest BCUT2D eigenvalue weighted by Gasteiger charge is 2.45. The number of halogens is 1. The standard InChI is InChI=1S/C28H27BrN7O3P/c1-20-26-28(35(31-20)22-11-7-4-8-12-22)30-27(21-9-5-3-6-10-21)33(2)40(26,34-15-17-39-18-16-34)32-25-14-13-23(36(37)38)19-24(25)29/h3-14,19H,15-18H2,1-2H3/t40-/m1/s1. The molecule has 0 unspecified atom stereocenters. The van der Waals surface area contributed by atoms with Gasteiger partial charge in [0, 0.05) is 37.8 Å². The Bertz CT molecular complexity index is 1670. The Morgan fingerprint density at radius 2 is 1.70 bits per heavy atom. The molecule has 6 rings (SSSR count). The van der Waals surface area contributed by atoms with E-state index in [1.165, 1.54) is 12.1 Å². The van der Waals surface area contributed by atoms with Gasteiger partial charge in [0.1, 0.15) is 5.84 Å². The van der Waals surface area contributed by atoms with Gasteiger partial charge in [0.15, 0.2) is 13.2 Å². The van der Waals surface area contributed by atoms with Crippen LogP contribution in [0.3, 0.4) is 0 Å². The van der Waals surface area contributed by atoms with Crippen LogP contribution < -0.4 is 5.30 Å². The molecule has 1 saturated heterocycles. The van der Waals surface area contributed by atoms with Gasteiger partial charge in [0.25, 0.3) is 5.69 Å². The number of fused-ring (bicyclic) bond motifs is 1. The molecular formula is C28H27BrN7O3P. The highest BCUT2D eigenvalue weighted by atomic mass is 79.9. The summed E-state index contributed by atoms with van der Waals surface area (Å²) in [5, 5.41) is 17.4. The minimum Gasteiger partial charge on any atom is -0.379 e. The molecule has 2 aliphatic rings. The van der Waals surface area contributed by atoms with Crippen molar-refractivity contribution < 1.29 is 9.66 Å². The number of non-ortho nitro benzene ring substituents is 1. The predicted molar refractivity (Wildman–Crippen MR) is 161 cm³/mol. The van der Waals surface area contributed by atoms with E-state index in [1.807, 2.05) is 79.3 Å². The number of amidine groups is 1. The average Bonchev–Trinajstić information content (AvgIpc) is 3.32. The molecule has 0 bridgehead atoms. The molecule has 12 heteroatoms. The van der Waals surface area contributed by atoms with Crippen LogP contribution in [0.1, 0.15) is 11.3 Å². The van der Waals surface area contributed by atoms with E-state index in [-0.39, 0.29) is 5.69 Å². The highest BCUT2D eigenvalue weighted by molar-refractivity contribution is 9.10. The fourth-order valence-electron chi connectivity index (χ4n) is 5.19. The van der Waals surface area contributed by atoms with Gasteiger partial charge in [-0.1, -0.05) is 48.5 Å². The lowest BCUT2D eigenvalue weighted by Gasteiger charge is -2.46. The third kappa shape index (κ3) is 4.49. The van der Waals surface area contributed by atoms with Gasteiger partial charge in [-0.15, -0.1) is 0 Å². The second-order valence-corrected chi connectivity index (χ2v) is 13.3. The van der Waals surface area contributed by atoms with Crippen LogP contribution >= 0.6 is 23.3 Å². The fourth-order valence-corrected chi connectivity index (χ4v) is 9.61. The summed E-state index contributed by atoms with van der Waals surface area (Å²) in [6.45, 7) is 4.50. The molecule has 0 radical (unpaired) electrons. The van der Waals surface area contributed by atoms with Crippen LogP contribution in [0.15, 0.2) is 93.1 Å². The van der Waals surface area contributed by atoms with Crippen molar-refractivity contribution in [3.05, 3.63) is 105 Å². The maximum absolute atomic E-state index is 11.5. The number of aliphatic imine (C=N–C) groups is 1. The molecule has 10 nitrogen and oxygen atoms in total. The van der Waals surface area contributed by atoms with E-state index in [4.69, 9.17) is 19.6 Å². The monoisotopic (exact) mass is 619 g/mol. The Hall–Kier alpha value is -3.63. The normalized spacial score (nSPS) is 19.2. The van der Waals surface area contributed by atoms with E-state index < -0.39 is 12.3 Å². The van der Waals surface area contributed by atoms with Gasteiger partial charge in [0.05, 0.1) is 45.0 Å². The molecule has 204 valence electrons. The zero-order valence-electron chi connectivity index (χ0n) is 22.0. The number of nitro groups is 1. The number of benzene rings is 3. The third-order valence-electron chi connectivity index (χ3n) is 7.05. The van der Waals surface area contributed by atoms with Gasteiger partial charge in [-0.05, 0) is 41.1 Å². The van der Waals surface area contributed by atoms with Gasteiger partial charge < -0.3 is 9.41 Å². The molecule has 40 heavy (non-hydrogen) atoms. The first-order chi connectivity index (χ1) is 19.4. The first-order valence-electron chi connectivity index (χ1n) is 12.8. The molecule has 1 aromatic heterocycles. The average molecular weight is 620 g/mol. The van der Waals surface area contributed by atoms with E-state index >= 15 is 0 Å². The number of morpholine rings is 1. The van der Waals surface area contributed by atoms with Gasteiger partial charge in [-0.2, -0.15) is 5.10 Å². The Morgan fingerprint density at radius 1 is 1.02 bits per heavy atom. The molecule has 0 aliphatic carbocycles. The summed E-state index contributed by atoms with van der Waals surface area (Å²) in [5.41, 5.74) is 3.34. The number of rotatable bonds is 5. The Morgan fingerprint density at radius 3 is 2.35 bits per heavy atom. The molecule has 1 atom stereocenters. The third-order valence-corrected chi connectivity index (χ3v) is 11.5. The number of aromatic nitrogens is 2. The topological polar surface area (TPSA) is 101 Å². The Balaban J connectivity index is 1.70. The maximum Gasteiger partial charge on any atom is 0.270 e. The molecule has 1 fully saturated rings. The van der Waals surface area contributed by atoms with Crippen molar-refractivity contribution in [2.24, 2.45) is 9.74 Å². The van der Waals surface area contributed by atoms with Crippen molar-refractivity contribution in [2.75, 3.05) is 33.4 Å². The number of hydrogen-bond donors (Lipinski definition) is 0. The van der Waals surface area contributed by atoms with Crippen LogP contribution in [0.5, 0.6) is 0 Å². The van der Waals surface area contributed by atoms with Crippen molar-refractivity contribution in [3.8, 4) is 5.69 Å². The van der Waals surface area contributed by atoms with Crippen molar-refractivity contribution in [2.45, 2.75) is 6.92 Å². The lowest BCUT2D eigenvalue weighted by molar-refractivity contribution is -0.384. The van der Waals surface area contributed by atoms with Crippen LogP contribution in [0.25, 0.3) is 5.69 Å². The molecule has 0 saturated carbocycles. The van der Waals surface area contributed by atoms with Crippen molar-refractivity contribution in [1.82, 2.24) is 19.1 Å². The minimum absolute atomic E-state index is 0.00174. The second kappa shape index (κ2) is 10.7. The highest BCUT2D eigenvalue weighted by Crippen LogP contribution is 2.62. The van der Waals surface area contributed by atoms with Gasteiger partial charge in [-0.3, -0.25) is 10.1 Å². The first kappa shape index (κ1) is 26.6. The summed E-state index contributed by atoms with van der Waals surface area (Å²) in [4.78, 5) is 16.3. The quantitative estimate of drug-likeness (QED) is 0.150. The van der Waals surface area contributed by atoms with Crippen LogP contribution in [0.2, 0.25) is 0 Å². The van der Waals surface area contributed by atoms with Crippen molar-refractivity contribution in [3.63, 3.8) is 0 Å². The molecule has 0 spiro atoms. The summed E-state index contributed by atoms with van der Waals surface area (Å²) in [7, 11) is -0.754. The van der Waals surface area contributed by atoms with E-state index in [0.717, 1.165) is 33.9 Å². The first-order valence-corrected chi connectivity index (χ1v) is 15.3. The van der Waals surface area contributed by atoms with Gasteiger partial charge >= 0.3 is 0 Å². The molecule has 4 aromatic rings. The largest absolute Gasteiger partial charge is 0.379 e. The Labute approximate surface area is 240 Å². The summed E-state index contributed by atoms with van der Waals surface area (Å²) < 4.78 is 18.4. The fraction of sp³-hybridized carbons (Fsp3) is 0.214. The van der Waals surface area contributed by atoms with Crippen LogP contribution in [-0.4, -0.2) is 63.2 Å². The summed E-state index contributed by atoms with van der Waals surface area (Å²) in [6.07, 6.45) is 0. The lowest BCUT2D eigenvalue weighted by atomic mass is 10.2. The smallest absolute Gasteiger partial charge is 0.270 e. The molecule has 3 aromatic carbocycles. The number of nitro benzene ring substituents is 1. The van der Waals surface area contributed by atoms with Gasteiger partial charge in [0.2, 0.25) is 0 Å². The molecule has 2 aliphatic heterocycles. The summed E-state index contributed by atoms with van der Waals surface area (Å²) >= 11 is 3.58. The molecular weight excluding hydrogens is 593 g/mol. The number of aryl methyl sites for hydroxylation is 1. The summed E-state index contributed by atoms with van der Waals surface area (Å²) in [6, 6.07) is 24.8. The molecule has 3 heterocycles. The van der Waals surface area contributed by atoms with Crippen LogP contribution in [0, 0.1) is 17.0 Å². The van der Waals surface area contributed by atoms with Gasteiger partial charge in [-0.25, -0.2) is 19.1 Å². The molecule has 0 amide bonds. The SMILES string of the molecule is Cc1nn(-c2ccccc2)c2c1[P@](=Nc1ccc([N+](=O)[O-])cc1Br)(N1CCOCC1)N(C)C(c1ccccc1)=N2. The molecule has 0 N–H and O–H groups in total. The zero-order chi connectivity index (χ0) is 27.9. The number of nitrogens with zero attached hydrogens (tertiary/aromatic N) is 7. The summed E-state index contributed by atoms with van der Waals surface area (Å²) in [5.74, 6) is 1.52. The predicted octanol–water partition coefficient (Wildman–Crippen LogP) is 6.20. The maximum atomic E-state index is 11.5. The van der Waals surface area contributed by atoms with E-state index in [9.17, 15) is 10.1 Å². The zero-order valence-corrected chi connectivity index (χ0v) is 24.5. The number of para-hydroxylation sites is 1. The van der Waals surface area contributed by atoms with E-state index in [2.05, 4.69) is 25.3 Å². The number of hydrogen-bond acceptors (Lipinski definition) is 6. The lowest BCUT2D eigenvalue weighted by Crippen LogP contribution is -2.45. The van der Waals surface area contributed by atoms with Crippen molar-refractivity contribution in [1.29, 1.82) is 0 Å². The minimum atomic E-state index is -2.80. The number of ether oxygens (including phenoxy) is 1. The Kier molecular flexibility index (Phi) is 7.14. The van der Waals surface area contributed by atoms with Crippen LogP contribution in [-0.2, 0) is 4.74 Å². The van der Waals surface area contributed by atoms with Crippen LogP contribution in [0.4, 0.5) is 17.2 Å².